The summed E-state index contributed by atoms with van der Waals surface area (Å²) in [6, 6.07) is 4.82. The number of benzene rings is 1. The lowest BCUT2D eigenvalue weighted by Crippen LogP contribution is -2.46. The molecule has 0 radical (unpaired) electrons. The standard InChI is InChI=1S/C17H21NO6/c1-22-8-7-18-14(19)6-5-12(17(20)21)15(18)11-3-2-4-13-16(11)24-10-9-23-13/h2-4,12,15H,5-10H2,1H3,(H,20,21)/t12-,15-/m1/s1. The van der Waals surface area contributed by atoms with E-state index in [1.165, 1.54) is 0 Å². The number of piperidine rings is 1. The summed E-state index contributed by atoms with van der Waals surface area (Å²) in [5.74, 6) is -0.533. The van der Waals surface area contributed by atoms with Crippen LogP contribution in [0, 0.1) is 5.92 Å². The minimum absolute atomic E-state index is 0.0659. The summed E-state index contributed by atoms with van der Waals surface area (Å²) in [6.07, 6.45) is 0.538. The van der Waals surface area contributed by atoms with Crippen molar-refractivity contribution >= 4 is 11.9 Å². The maximum atomic E-state index is 12.4. The number of hydrogen-bond acceptors (Lipinski definition) is 5. The van der Waals surface area contributed by atoms with Crippen LogP contribution >= 0.6 is 0 Å². The van der Waals surface area contributed by atoms with Gasteiger partial charge < -0.3 is 24.2 Å². The third kappa shape index (κ3) is 3.03. The van der Waals surface area contributed by atoms with Crippen LogP contribution in [0.25, 0.3) is 0 Å². The minimum atomic E-state index is -0.913. The molecule has 1 N–H and O–H groups in total. The zero-order valence-corrected chi connectivity index (χ0v) is 13.6. The van der Waals surface area contributed by atoms with E-state index in [0.717, 1.165) is 0 Å². The Kier molecular flexibility index (Phi) is 4.89. The van der Waals surface area contributed by atoms with Crippen LogP contribution in [0.2, 0.25) is 0 Å². The van der Waals surface area contributed by atoms with Crippen molar-refractivity contribution in [3.63, 3.8) is 0 Å². The zero-order chi connectivity index (χ0) is 17.1. The molecule has 1 amide bonds. The predicted octanol–water partition coefficient (Wildman–Crippen LogP) is 1.47. The monoisotopic (exact) mass is 335 g/mol. The summed E-state index contributed by atoms with van der Waals surface area (Å²) in [5.41, 5.74) is 0.684. The van der Waals surface area contributed by atoms with Gasteiger partial charge in [0.15, 0.2) is 11.5 Å². The number of ether oxygens (including phenoxy) is 3. The van der Waals surface area contributed by atoms with Crippen LogP contribution in [0.15, 0.2) is 18.2 Å². The van der Waals surface area contributed by atoms with Gasteiger partial charge >= 0.3 is 5.97 Å². The number of fused-ring (bicyclic) bond motifs is 1. The zero-order valence-electron chi connectivity index (χ0n) is 13.6. The molecule has 0 spiro atoms. The molecule has 0 aliphatic carbocycles. The van der Waals surface area contributed by atoms with Crippen molar-refractivity contribution in [2.75, 3.05) is 33.5 Å². The Morgan fingerprint density at radius 2 is 2.17 bits per heavy atom. The highest BCUT2D eigenvalue weighted by atomic mass is 16.6. The van der Waals surface area contributed by atoms with Gasteiger partial charge in [-0.25, -0.2) is 0 Å². The molecule has 1 fully saturated rings. The molecule has 0 aromatic heterocycles. The van der Waals surface area contributed by atoms with Crippen LogP contribution in [0.3, 0.4) is 0 Å². The highest BCUT2D eigenvalue weighted by Crippen LogP contribution is 2.44. The molecule has 130 valence electrons. The fourth-order valence-corrected chi connectivity index (χ4v) is 3.38. The smallest absolute Gasteiger partial charge is 0.308 e. The Hall–Kier alpha value is -2.28. The van der Waals surface area contributed by atoms with Gasteiger partial charge in [0.05, 0.1) is 18.6 Å². The van der Waals surface area contributed by atoms with Gasteiger partial charge in [0.1, 0.15) is 13.2 Å². The van der Waals surface area contributed by atoms with Crippen molar-refractivity contribution < 1.29 is 28.9 Å². The van der Waals surface area contributed by atoms with Crippen LogP contribution in [-0.2, 0) is 14.3 Å². The molecule has 2 aliphatic rings. The number of hydrogen-bond donors (Lipinski definition) is 1. The third-order valence-corrected chi connectivity index (χ3v) is 4.48. The van der Waals surface area contributed by atoms with Crippen molar-refractivity contribution in [1.82, 2.24) is 4.90 Å². The quantitative estimate of drug-likeness (QED) is 0.877. The fourth-order valence-electron chi connectivity index (χ4n) is 3.38. The molecule has 3 rings (SSSR count). The van der Waals surface area contributed by atoms with E-state index in [4.69, 9.17) is 14.2 Å². The van der Waals surface area contributed by atoms with Crippen LogP contribution in [0.1, 0.15) is 24.4 Å². The summed E-state index contributed by atoms with van der Waals surface area (Å²) in [5, 5.41) is 9.66. The molecular formula is C17H21NO6. The normalized spacial score (nSPS) is 23.2. The van der Waals surface area contributed by atoms with Gasteiger partial charge in [-0.1, -0.05) is 12.1 Å². The maximum absolute atomic E-state index is 12.4. The summed E-state index contributed by atoms with van der Waals surface area (Å²) < 4.78 is 16.4. The Labute approximate surface area is 140 Å². The van der Waals surface area contributed by atoms with Crippen LogP contribution in [0.5, 0.6) is 11.5 Å². The Morgan fingerprint density at radius 1 is 1.38 bits per heavy atom. The second-order valence-electron chi connectivity index (χ2n) is 5.88. The average molecular weight is 335 g/mol. The molecule has 0 saturated carbocycles. The minimum Gasteiger partial charge on any atom is -0.486 e. The molecule has 2 atom stereocenters. The molecule has 2 aliphatic heterocycles. The van der Waals surface area contributed by atoms with E-state index < -0.39 is 17.9 Å². The molecule has 7 nitrogen and oxygen atoms in total. The van der Waals surface area contributed by atoms with Gasteiger partial charge in [-0.05, 0) is 12.5 Å². The summed E-state index contributed by atoms with van der Waals surface area (Å²) >= 11 is 0. The molecule has 0 unspecified atom stereocenters. The number of methoxy groups -OCH3 is 1. The van der Waals surface area contributed by atoms with Gasteiger partial charge in [-0.3, -0.25) is 9.59 Å². The largest absolute Gasteiger partial charge is 0.486 e. The second kappa shape index (κ2) is 7.09. The number of carbonyl (C=O) groups is 2. The maximum Gasteiger partial charge on any atom is 0.308 e. The van der Waals surface area contributed by atoms with E-state index in [1.807, 2.05) is 6.07 Å². The van der Waals surface area contributed by atoms with Gasteiger partial charge in [0.25, 0.3) is 0 Å². The van der Waals surface area contributed by atoms with Crippen LogP contribution in [-0.4, -0.2) is 55.4 Å². The topological polar surface area (TPSA) is 85.3 Å². The highest BCUT2D eigenvalue weighted by Gasteiger charge is 2.42. The molecule has 0 bridgehead atoms. The van der Waals surface area contributed by atoms with E-state index in [1.54, 1.807) is 24.1 Å². The van der Waals surface area contributed by atoms with Crippen LogP contribution < -0.4 is 9.47 Å². The number of amides is 1. The first kappa shape index (κ1) is 16.6. The lowest BCUT2D eigenvalue weighted by atomic mass is 9.83. The summed E-state index contributed by atoms with van der Waals surface area (Å²) in [7, 11) is 1.56. The van der Waals surface area contributed by atoms with E-state index in [9.17, 15) is 14.7 Å². The molecule has 24 heavy (non-hydrogen) atoms. The van der Waals surface area contributed by atoms with Crippen LogP contribution in [0.4, 0.5) is 0 Å². The number of aliphatic carboxylic acids is 1. The number of carboxylic acid groups (broad SMARTS) is 1. The van der Waals surface area contributed by atoms with E-state index in [2.05, 4.69) is 0 Å². The second-order valence-corrected chi connectivity index (χ2v) is 5.88. The average Bonchev–Trinajstić information content (AvgIpc) is 2.59. The van der Waals surface area contributed by atoms with Crippen molar-refractivity contribution in [3.05, 3.63) is 23.8 Å². The number of rotatable bonds is 5. The van der Waals surface area contributed by atoms with Gasteiger partial charge in [-0.2, -0.15) is 0 Å². The lowest BCUT2D eigenvalue weighted by molar-refractivity contribution is -0.152. The Balaban J connectivity index is 2.04. The van der Waals surface area contributed by atoms with Gasteiger partial charge in [-0.15, -0.1) is 0 Å². The Morgan fingerprint density at radius 3 is 2.92 bits per heavy atom. The molecule has 2 heterocycles. The Bertz CT molecular complexity index is 632. The molecular weight excluding hydrogens is 314 g/mol. The van der Waals surface area contributed by atoms with E-state index in [-0.39, 0.29) is 12.3 Å². The predicted molar refractivity (Wildman–Crippen MR) is 84.1 cm³/mol. The third-order valence-electron chi connectivity index (χ3n) is 4.48. The van der Waals surface area contributed by atoms with Crippen molar-refractivity contribution in [3.8, 4) is 11.5 Å². The number of carboxylic acids is 1. The molecule has 1 aromatic carbocycles. The first-order valence-corrected chi connectivity index (χ1v) is 8.03. The summed E-state index contributed by atoms with van der Waals surface area (Å²) in [4.78, 5) is 25.8. The van der Waals surface area contributed by atoms with Gasteiger partial charge in [0.2, 0.25) is 5.91 Å². The SMILES string of the molecule is COCCN1C(=O)CC[C@@H](C(=O)O)[C@H]1c1cccc2c1OCCO2. The first-order valence-electron chi connectivity index (χ1n) is 8.03. The fraction of sp³-hybridized carbons (Fsp3) is 0.529. The highest BCUT2D eigenvalue weighted by molar-refractivity contribution is 5.82. The lowest BCUT2D eigenvalue weighted by Gasteiger charge is -2.40. The molecule has 1 saturated heterocycles. The van der Waals surface area contributed by atoms with Crippen molar-refractivity contribution in [2.24, 2.45) is 5.92 Å². The number of para-hydroxylation sites is 1. The van der Waals surface area contributed by atoms with Crippen molar-refractivity contribution in [1.29, 1.82) is 0 Å². The number of carbonyl (C=O) groups excluding carboxylic acids is 1. The number of nitrogens with zero attached hydrogens (tertiary/aromatic N) is 1. The van der Waals surface area contributed by atoms with E-state index >= 15 is 0 Å². The van der Waals surface area contributed by atoms with Crippen molar-refractivity contribution in [2.45, 2.75) is 18.9 Å². The first-order chi connectivity index (χ1) is 11.6. The summed E-state index contributed by atoms with van der Waals surface area (Å²) in [6.45, 7) is 1.55. The van der Waals surface area contributed by atoms with Gasteiger partial charge in [0, 0.05) is 25.6 Å². The molecule has 1 aromatic rings. The van der Waals surface area contributed by atoms with E-state index in [0.29, 0.717) is 49.8 Å². The molecule has 7 heteroatoms. The number of likely N-dealkylation sites (tertiary alicyclic amines) is 1.